The lowest BCUT2D eigenvalue weighted by atomic mass is 9.70. The second-order valence-corrected chi connectivity index (χ2v) is 19.9. The van der Waals surface area contributed by atoms with Crippen LogP contribution >= 0.6 is 0 Å². The standard InChI is InChI=1S/C39F60O10/c40-10(109)11(41,30(70,71)72)1(100)20(50,51)12(42,31(73,74)75)2(101)21(52,53)13(43,32(76,77)78)3(102)22(54,55)14(44,33(79,80)81)4(103)23(56,57)15(45,34(82,83)84)5(104)24(58,59)16(46,35(85,86)87)6(105)25(60,61)17(47,36(88,89)90)7(106)26(62,63)18(48,37(91,92)93)8(107)27(64,65)19(49,38(94,95)96)9(108)28(66,67)29(68,69)39(97,98)99. The van der Waals surface area contributed by atoms with Crippen LogP contribution in [0.5, 0.6) is 0 Å². The van der Waals surface area contributed by atoms with E-state index in [1.54, 1.807) is 0 Å². The first kappa shape index (κ1) is 101. The Kier molecular flexibility index (Phi) is 24.0. The fraction of sp³-hybridized carbons (Fsp3) is 0.744. The number of carbonyl (C=O) groups excluding carboxylic acids is 10. The molecule has 0 radical (unpaired) electrons. The highest BCUT2D eigenvalue weighted by molar-refractivity contribution is 6.18. The molecular weight excluding hydrogens is 1770 g/mol. The zero-order valence-electron chi connectivity index (χ0n) is 46.3. The fourth-order valence-corrected chi connectivity index (χ4v) is 7.44. The molecule has 636 valence electrons. The van der Waals surface area contributed by atoms with Crippen LogP contribution in [0, 0.1) is 0 Å². The third-order valence-corrected chi connectivity index (χ3v) is 13.4. The molecule has 9 unspecified atom stereocenters. The van der Waals surface area contributed by atoms with Gasteiger partial charge in [-0.3, -0.25) is 47.9 Å². The van der Waals surface area contributed by atoms with Crippen molar-refractivity contribution in [1.29, 1.82) is 0 Å². The summed E-state index contributed by atoms with van der Waals surface area (Å²) in [6.07, 6.45) is -98.5. The van der Waals surface area contributed by atoms with Crippen molar-refractivity contribution < 1.29 is 311 Å². The van der Waals surface area contributed by atoms with Crippen LogP contribution in [0.3, 0.4) is 0 Å². The number of hydrogen-bond donors (Lipinski definition) is 0. The van der Waals surface area contributed by atoms with Crippen LogP contribution in [0.4, 0.5) is 263 Å². The average Bonchev–Trinajstić information content (AvgIpc) is 0.682. The van der Waals surface area contributed by atoms with Gasteiger partial charge >= 0.3 is 178 Å². The fourth-order valence-electron chi connectivity index (χ4n) is 7.44. The van der Waals surface area contributed by atoms with Gasteiger partial charge in [0.1, 0.15) is 0 Å². The molecule has 0 aliphatic heterocycles. The first-order chi connectivity index (χ1) is 46.1. The quantitative estimate of drug-likeness (QED) is 0.0417. The normalized spacial score (nSPS) is 20.2. The number of carbonyl (C=O) groups is 10. The molecule has 70 heteroatoms. The zero-order valence-corrected chi connectivity index (χ0v) is 46.3. The first-order valence-corrected chi connectivity index (χ1v) is 22.9. The van der Waals surface area contributed by atoms with Crippen LogP contribution in [-0.2, 0) is 47.9 Å². The van der Waals surface area contributed by atoms with Crippen LogP contribution in [0.1, 0.15) is 0 Å². The van der Waals surface area contributed by atoms with Crippen LogP contribution < -0.4 is 0 Å². The van der Waals surface area contributed by atoms with Gasteiger partial charge < -0.3 is 0 Å². The van der Waals surface area contributed by atoms with Gasteiger partial charge in [0.25, 0.3) is 52.0 Å². The topological polar surface area (TPSA) is 171 Å². The minimum Gasteiger partial charge on any atom is -0.288 e. The van der Waals surface area contributed by atoms with Crippen LogP contribution in [0.2, 0.25) is 0 Å². The van der Waals surface area contributed by atoms with Gasteiger partial charge in [0.05, 0.1) is 0 Å². The van der Waals surface area contributed by atoms with Crippen molar-refractivity contribution in [1.82, 2.24) is 0 Å². The van der Waals surface area contributed by atoms with Crippen molar-refractivity contribution in [3.05, 3.63) is 0 Å². The monoisotopic (exact) mass is 1770 g/mol. The molecule has 0 amide bonds. The number of hydrogen-bond acceptors (Lipinski definition) is 10. The van der Waals surface area contributed by atoms with Crippen molar-refractivity contribution in [2.75, 3.05) is 0 Å². The lowest BCUT2D eigenvalue weighted by molar-refractivity contribution is -0.355. The highest BCUT2D eigenvalue weighted by Gasteiger charge is 3.01. The Bertz CT molecular complexity index is 3650. The molecule has 0 bridgehead atoms. The number of ketones is 9. The molecule has 0 rings (SSSR count). The summed E-state index contributed by atoms with van der Waals surface area (Å²) < 4.78 is 858. The van der Waals surface area contributed by atoms with E-state index in [0.29, 0.717) is 0 Å². The third kappa shape index (κ3) is 12.7. The smallest absolute Gasteiger partial charge is 0.288 e. The van der Waals surface area contributed by atoms with Gasteiger partial charge in [0, 0.05) is 0 Å². The molecule has 9 atom stereocenters. The minimum absolute atomic E-state index is 5.81. The SMILES string of the molecule is O=C(F)C(F)(C(=O)C(F)(F)C(F)(C(=O)C(F)(F)C(F)(C(=O)C(F)(F)C(F)(C(=O)C(F)(F)C(F)(C(=O)C(F)(F)C(F)(C(=O)C(F)(F)C(F)(C(=O)C(F)(F)C(F)(C(=O)C(F)(F)C(F)(C(=O)C(F)(F)C(F)(F)C(F)(F)F)C(F)(F)F)C(F)(F)F)C(F)(F)F)C(F)(F)F)C(F)(F)F)C(F)(F)F)C(F)(F)F)C(F)(F)F)C(F)(F)F. The second-order valence-electron chi connectivity index (χ2n) is 19.9. The maximum Gasteiger partial charge on any atom is 0.460 e. The van der Waals surface area contributed by atoms with Gasteiger partial charge in [-0.2, -0.15) is 224 Å². The maximum atomic E-state index is 15.7. The highest BCUT2D eigenvalue weighted by Crippen LogP contribution is 2.66. The lowest BCUT2D eigenvalue weighted by Crippen LogP contribution is -2.81. The van der Waals surface area contributed by atoms with E-state index in [9.17, 15) is 228 Å². The number of Topliss-reactive ketones (excluding diaryl/α,β-unsaturated/α-hetero) is 9. The van der Waals surface area contributed by atoms with Crippen LogP contribution in [0.15, 0.2) is 0 Å². The van der Waals surface area contributed by atoms with Gasteiger partial charge in [-0.15, -0.1) is 0 Å². The summed E-state index contributed by atoms with van der Waals surface area (Å²) in [6, 6.07) is -5.81. The van der Waals surface area contributed by atoms with E-state index >= 15 is 83.4 Å². The Morgan fingerprint density at radius 3 is 0.312 bits per heavy atom. The molecule has 0 aromatic heterocycles. The van der Waals surface area contributed by atoms with Crippen molar-refractivity contribution in [2.24, 2.45) is 0 Å². The third-order valence-electron chi connectivity index (χ3n) is 13.4. The van der Waals surface area contributed by atoms with Gasteiger partial charge in [-0.25, -0.2) is 39.5 Å². The van der Waals surface area contributed by atoms with Crippen molar-refractivity contribution in [3.8, 4) is 0 Å². The Hall–Kier alpha value is -7.50. The summed E-state index contributed by atoms with van der Waals surface area (Å²) in [5.74, 6) is -174. The molecule has 0 aliphatic rings. The van der Waals surface area contributed by atoms with Gasteiger partial charge in [-0.1, -0.05) is 0 Å². The van der Waals surface area contributed by atoms with E-state index in [1.165, 1.54) is 0 Å². The Labute approximate surface area is 542 Å². The Morgan fingerprint density at radius 2 is 0.229 bits per heavy atom. The van der Waals surface area contributed by atoms with Crippen molar-refractivity contribution in [3.63, 3.8) is 0 Å². The van der Waals surface area contributed by atoms with E-state index < -0.39 is 230 Å². The molecule has 0 heterocycles. The second kappa shape index (κ2) is 25.8. The van der Waals surface area contributed by atoms with E-state index in [4.69, 9.17) is 0 Å². The lowest BCUT2D eigenvalue weighted by Gasteiger charge is -2.44. The molecule has 0 spiro atoms. The molecule has 0 N–H and O–H groups in total. The Morgan fingerprint density at radius 1 is 0.128 bits per heavy atom. The van der Waals surface area contributed by atoms with Crippen molar-refractivity contribution in [2.45, 2.75) is 172 Å². The molecule has 0 saturated heterocycles. The molecule has 0 aromatic carbocycles. The van der Waals surface area contributed by atoms with Gasteiger partial charge in [0.15, 0.2) is 0 Å². The van der Waals surface area contributed by atoms with E-state index in [2.05, 4.69) is 0 Å². The predicted molar refractivity (Wildman–Crippen MR) is 196 cm³/mol. The minimum atomic E-state index is -11.1. The highest BCUT2D eigenvalue weighted by atomic mass is 19.5. The van der Waals surface area contributed by atoms with E-state index in [0.717, 1.165) is 0 Å². The number of alkyl halides is 59. The largest absolute Gasteiger partial charge is 0.460 e. The average molecular weight is 1770 g/mol. The van der Waals surface area contributed by atoms with Gasteiger partial charge in [-0.05, 0) is 0 Å². The summed E-state index contributed by atoms with van der Waals surface area (Å²) in [5, 5.41) is 0. The molecule has 0 aliphatic carbocycles. The summed E-state index contributed by atoms with van der Waals surface area (Å²) in [6.45, 7) is 0. The summed E-state index contributed by atoms with van der Waals surface area (Å²) >= 11 is 0. The molecule has 0 fully saturated rings. The van der Waals surface area contributed by atoms with Crippen LogP contribution in [-0.4, -0.2) is 230 Å². The summed E-state index contributed by atoms with van der Waals surface area (Å²) in [7, 11) is 0. The van der Waals surface area contributed by atoms with Crippen LogP contribution in [0.25, 0.3) is 0 Å². The maximum absolute atomic E-state index is 15.7. The first-order valence-electron chi connectivity index (χ1n) is 22.9. The predicted octanol–water partition coefficient (Wildman–Crippen LogP) is 15.0. The van der Waals surface area contributed by atoms with E-state index in [-0.39, 0.29) is 0 Å². The van der Waals surface area contributed by atoms with Gasteiger partial charge in [0.2, 0.25) is 0 Å². The number of halogens is 60. The summed E-state index contributed by atoms with van der Waals surface area (Å²) in [4.78, 5) is 118. The molecular formula is C39F60O10. The van der Waals surface area contributed by atoms with Crippen molar-refractivity contribution >= 4 is 58.1 Å². The molecule has 0 aromatic rings. The molecule has 109 heavy (non-hydrogen) atoms. The van der Waals surface area contributed by atoms with E-state index in [1.807, 2.05) is 0 Å². The zero-order chi connectivity index (χ0) is 90.3. The summed E-state index contributed by atoms with van der Waals surface area (Å²) in [5.41, 5.74) is -94.4. The number of rotatable bonds is 28. The molecule has 0 saturated carbocycles. The Balaban J connectivity index is 9.75. The molecule has 10 nitrogen and oxygen atoms in total.